The van der Waals surface area contributed by atoms with Crippen LogP contribution in [0, 0.1) is 0 Å². The Kier molecular flexibility index (Phi) is 3.51. The van der Waals surface area contributed by atoms with Gasteiger partial charge in [0.1, 0.15) is 0 Å². The van der Waals surface area contributed by atoms with Crippen LogP contribution in [0.15, 0.2) is 47.6 Å². The highest BCUT2D eigenvalue weighted by atomic mass is 13.9. The first-order chi connectivity index (χ1) is 6.20. The molecule has 1 rings (SSSR count). The molecule has 0 aliphatic rings. The molecular formula is C13H16. The smallest absolute Gasteiger partial charge is 0.0257 e. The average Bonchev–Trinajstić information content (AvgIpc) is 2.15. The lowest BCUT2D eigenvalue weighted by atomic mass is 10.1. The van der Waals surface area contributed by atoms with Crippen LogP contribution in [0.2, 0.25) is 0 Å². The third-order valence-electron chi connectivity index (χ3n) is 2.11. The topological polar surface area (TPSA) is 0 Å². The molecule has 0 N–H and O–H groups in total. The van der Waals surface area contributed by atoms with Gasteiger partial charge in [-0.2, -0.15) is 0 Å². The van der Waals surface area contributed by atoms with E-state index in [1.807, 2.05) is 6.07 Å². The van der Waals surface area contributed by atoms with Gasteiger partial charge in [0, 0.05) is 0 Å². The van der Waals surface area contributed by atoms with Gasteiger partial charge >= 0.3 is 0 Å². The van der Waals surface area contributed by atoms with Gasteiger partial charge in [0.25, 0.3) is 0 Å². The molecule has 13 heavy (non-hydrogen) atoms. The van der Waals surface area contributed by atoms with Crippen LogP contribution in [-0.4, -0.2) is 0 Å². The second-order valence-corrected chi connectivity index (χ2v) is 3.43. The van der Waals surface area contributed by atoms with Crippen LogP contribution in [0.5, 0.6) is 0 Å². The molecule has 0 heterocycles. The van der Waals surface area contributed by atoms with Crippen LogP contribution < -0.4 is 0 Å². The van der Waals surface area contributed by atoms with Crippen molar-refractivity contribution in [2.75, 3.05) is 0 Å². The Morgan fingerprint density at radius 3 is 2.15 bits per heavy atom. The molecule has 1 aromatic rings. The molecule has 1 aromatic carbocycles. The van der Waals surface area contributed by atoms with Crippen molar-refractivity contribution in [3.8, 4) is 0 Å². The molecule has 0 atom stereocenters. The van der Waals surface area contributed by atoms with Crippen LogP contribution in [0.3, 0.4) is 0 Å². The van der Waals surface area contributed by atoms with E-state index in [1.54, 1.807) is 0 Å². The average molecular weight is 172 g/mol. The maximum atomic E-state index is 2.16. The van der Waals surface area contributed by atoms with Crippen LogP contribution >= 0.6 is 0 Å². The summed E-state index contributed by atoms with van der Waals surface area (Å²) in [5, 5.41) is 0. The Morgan fingerprint density at radius 2 is 1.62 bits per heavy atom. The Hall–Kier alpha value is -1.30. The number of hydrogen-bond acceptors (Lipinski definition) is 0. The minimum absolute atomic E-state index is 1.25. The third-order valence-corrected chi connectivity index (χ3v) is 2.11. The normalized spacial score (nSPS) is 10.4. The van der Waals surface area contributed by atoms with Crippen molar-refractivity contribution in [1.82, 2.24) is 0 Å². The van der Waals surface area contributed by atoms with Crippen molar-refractivity contribution < 1.29 is 0 Å². The van der Waals surface area contributed by atoms with Crippen LogP contribution in [0.4, 0.5) is 0 Å². The summed E-state index contributed by atoms with van der Waals surface area (Å²) in [7, 11) is 0. The van der Waals surface area contributed by atoms with Gasteiger partial charge in [-0.3, -0.25) is 0 Å². The Balaban J connectivity index is 2.76. The molecular weight excluding hydrogens is 156 g/mol. The molecule has 0 saturated carbocycles. The molecule has 0 radical (unpaired) electrons. The standard InChI is InChI=1S/C13H16/c1-11(2)12(3)9-10-13-7-5-4-6-8-13/h4-10H,1-3H3. The Bertz CT molecular complexity index is 311. The minimum atomic E-state index is 1.25. The SMILES string of the molecule is CC(C)=C(C)C=Cc1ccccc1. The van der Waals surface area contributed by atoms with Crippen LogP contribution in [0.25, 0.3) is 6.08 Å². The lowest BCUT2D eigenvalue weighted by Gasteiger charge is -1.95. The van der Waals surface area contributed by atoms with Crippen molar-refractivity contribution in [2.45, 2.75) is 20.8 Å². The van der Waals surface area contributed by atoms with Crippen LogP contribution in [-0.2, 0) is 0 Å². The van der Waals surface area contributed by atoms with Crippen molar-refractivity contribution >= 4 is 6.08 Å². The predicted molar refractivity (Wildman–Crippen MR) is 59.5 cm³/mol. The molecule has 0 amide bonds. The first-order valence-corrected chi connectivity index (χ1v) is 4.57. The van der Waals surface area contributed by atoms with Crippen molar-refractivity contribution in [2.24, 2.45) is 0 Å². The highest BCUT2D eigenvalue weighted by Crippen LogP contribution is 2.07. The van der Waals surface area contributed by atoms with E-state index in [0.717, 1.165) is 0 Å². The van der Waals surface area contributed by atoms with E-state index in [4.69, 9.17) is 0 Å². The monoisotopic (exact) mass is 172 g/mol. The fourth-order valence-electron chi connectivity index (χ4n) is 0.952. The highest BCUT2D eigenvalue weighted by molar-refractivity contribution is 5.52. The molecule has 0 aliphatic heterocycles. The van der Waals surface area contributed by atoms with Crippen molar-refractivity contribution in [3.63, 3.8) is 0 Å². The summed E-state index contributed by atoms with van der Waals surface area (Å²) in [6, 6.07) is 10.4. The van der Waals surface area contributed by atoms with E-state index in [2.05, 4.69) is 57.2 Å². The summed E-state index contributed by atoms with van der Waals surface area (Å²) in [5.74, 6) is 0. The van der Waals surface area contributed by atoms with Crippen molar-refractivity contribution in [1.29, 1.82) is 0 Å². The van der Waals surface area contributed by atoms with Gasteiger partial charge in [-0.05, 0) is 26.3 Å². The number of hydrogen-bond donors (Lipinski definition) is 0. The third kappa shape index (κ3) is 3.29. The molecule has 0 heteroatoms. The zero-order valence-corrected chi connectivity index (χ0v) is 8.54. The largest absolute Gasteiger partial charge is 0.0735 e. The molecule has 0 bridgehead atoms. The highest BCUT2D eigenvalue weighted by Gasteiger charge is 1.86. The van der Waals surface area contributed by atoms with Gasteiger partial charge in [0.05, 0.1) is 0 Å². The van der Waals surface area contributed by atoms with E-state index in [9.17, 15) is 0 Å². The first-order valence-electron chi connectivity index (χ1n) is 4.57. The van der Waals surface area contributed by atoms with Gasteiger partial charge in [0.2, 0.25) is 0 Å². The summed E-state index contributed by atoms with van der Waals surface area (Å²) >= 11 is 0. The molecule has 0 saturated heterocycles. The Labute approximate surface area is 80.6 Å². The van der Waals surface area contributed by atoms with Gasteiger partial charge in [-0.25, -0.2) is 0 Å². The Morgan fingerprint density at radius 1 is 1.00 bits per heavy atom. The quantitative estimate of drug-likeness (QED) is 0.590. The van der Waals surface area contributed by atoms with E-state index in [1.165, 1.54) is 16.7 Å². The first kappa shape index (κ1) is 9.79. The molecule has 0 spiro atoms. The van der Waals surface area contributed by atoms with E-state index >= 15 is 0 Å². The summed E-state index contributed by atoms with van der Waals surface area (Å²) in [6.07, 6.45) is 4.30. The molecule has 0 aromatic heterocycles. The second-order valence-electron chi connectivity index (χ2n) is 3.43. The number of benzene rings is 1. The maximum absolute atomic E-state index is 2.16. The van der Waals surface area contributed by atoms with E-state index in [0.29, 0.717) is 0 Å². The summed E-state index contributed by atoms with van der Waals surface area (Å²) < 4.78 is 0. The van der Waals surface area contributed by atoms with E-state index < -0.39 is 0 Å². The van der Waals surface area contributed by atoms with Crippen LogP contribution in [0.1, 0.15) is 26.3 Å². The summed E-state index contributed by atoms with van der Waals surface area (Å²) in [5.41, 5.74) is 3.96. The molecule has 0 fully saturated rings. The zero-order valence-electron chi connectivity index (χ0n) is 8.54. The predicted octanol–water partition coefficient (Wildman–Crippen LogP) is 4.06. The minimum Gasteiger partial charge on any atom is -0.0735 e. The van der Waals surface area contributed by atoms with Gasteiger partial charge in [-0.1, -0.05) is 53.6 Å². The number of allylic oxidation sites excluding steroid dienone is 3. The lowest BCUT2D eigenvalue weighted by Crippen LogP contribution is -1.74. The summed E-state index contributed by atoms with van der Waals surface area (Å²) in [4.78, 5) is 0. The maximum Gasteiger partial charge on any atom is -0.0257 e. The molecule has 68 valence electrons. The van der Waals surface area contributed by atoms with Gasteiger partial charge in [-0.15, -0.1) is 0 Å². The number of rotatable bonds is 2. The molecule has 0 aliphatic carbocycles. The molecule has 0 nitrogen and oxygen atoms in total. The van der Waals surface area contributed by atoms with Gasteiger partial charge in [0.15, 0.2) is 0 Å². The zero-order chi connectivity index (χ0) is 9.68. The molecule has 0 unspecified atom stereocenters. The summed E-state index contributed by atoms with van der Waals surface area (Å²) in [6.45, 7) is 6.39. The van der Waals surface area contributed by atoms with Crippen molar-refractivity contribution in [3.05, 3.63) is 53.1 Å². The second kappa shape index (κ2) is 4.66. The fourth-order valence-corrected chi connectivity index (χ4v) is 0.952. The lowest BCUT2D eigenvalue weighted by molar-refractivity contribution is 1.30. The fraction of sp³-hybridized carbons (Fsp3) is 0.231. The van der Waals surface area contributed by atoms with Gasteiger partial charge < -0.3 is 0 Å². The van der Waals surface area contributed by atoms with E-state index in [-0.39, 0.29) is 0 Å².